The highest BCUT2D eigenvalue weighted by Crippen LogP contribution is 2.36. The van der Waals surface area contributed by atoms with Crippen molar-refractivity contribution < 1.29 is 9.90 Å². The lowest BCUT2D eigenvalue weighted by Crippen LogP contribution is -2.53. The largest absolute Gasteiger partial charge is 0.388 e. The van der Waals surface area contributed by atoms with Crippen LogP contribution in [0.2, 0.25) is 0 Å². The second kappa shape index (κ2) is 11.6. The van der Waals surface area contributed by atoms with Crippen LogP contribution in [-0.2, 0) is 24.4 Å². The van der Waals surface area contributed by atoms with Gasteiger partial charge < -0.3 is 14.6 Å². The van der Waals surface area contributed by atoms with Gasteiger partial charge in [0, 0.05) is 50.8 Å². The van der Waals surface area contributed by atoms with Gasteiger partial charge in [0.1, 0.15) is 12.0 Å². The van der Waals surface area contributed by atoms with Gasteiger partial charge in [0.15, 0.2) is 0 Å². The van der Waals surface area contributed by atoms with Gasteiger partial charge in [0.05, 0.1) is 17.5 Å². The molecule has 4 heterocycles. The highest BCUT2D eigenvalue weighted by Gasteiger charge is 2.40. The first-order valence-corrected chi connectivity index (χ1v) is 14.8. The molecule has 4 aromatic rings. The maximum absolute atomic E-state index is 14.0. The van der Waals surface area contributed by atoms with Crippen LogP contribution in [0.4, 0.5) is 0 Å². The average Bonchev–Trinajstić information content (AvgIpc) is 3.44. The molecule has 2 aromatic carbocycles. The summed E-state index contributed by atoms with van der Waals surface area (Å²) in [5, 5.41) is 12.0. The Labute approximate surface area is 240 Å². The molecule has 0 aliphatic carbocycles. The first kappa shape index (κ1) is 27.4. The molecule has 6 rings (SSSR count). The van der Waals surface area contributed by atoms with E-state index in [0.29, 0.717) is 37.0 Å². The summed E-state index contributed by atoms with van der Waals surface area (Å²) in [6.45, 7) is 6.50. The Kier molecular flexibility index (Phi) is 7.77. The molecular weight excluding hydrogens is 514 g/mol. The molecule has 2 aliphatic rings. The van der Waals surface area contributed by atoms with Crippen molar-refractivity contribution in [2.75, 3.05) is 26.2 Å². The fourth-order valence-corrected chi connectivity index (χ4v) is 6.67. The van der Waals surface area contributed by atoms with Crippen molar-refractivity contribution in [1.29, 1.82) is 0 Å². The van der Waals surface area contributed by atoms with Gasteiger partial charge in [-0.05, 0) is 49.9 Å². The minimum atomic E-state index is -1.05. The SMILES string of the molecule is CCn1ccc2c(=O)n(CC3(O)CCN(C(=O)[C@@H]4CCN(Cc5ccccc5)C[C@H]4c4ccccc4)CC3)cnc21. The third-order valence-corrected chi connectivity index (χ3v) is 9.05. The van der Waals surface area contributed by atoms with Gasteiger partial charge in [0.2, 0.25) is 5.91 Å². The summed E-state index contributed by atoms with van der Waals surface area (Å²) in [4.78, 5) is 35.9. The van der Waals surface area contributed by atoms with Crippen LogP contribution >= 0.6 is 0 Å². The number of aromatic nitrogens is 3. The number of likely N-dealkylation sites (tertiary alicyclic amines) is 2. The second-order valence-electron chi connectivity index (χ2n) is 11.7. The quantitative estimate of drug-likeness (QED) is 0.376. The number of aliphatic hydroxyl groups is 1. The first-order chi connectivity index (χ1) is 19.9. The lowest BCUT2D eigenvalue weighted by molar-refractivity contribution is -0.142. The van der Waals surface area contributed by atoms with Crippen LogP contribution in [-0.4, -0.2) is 66.7 Å². The second-order valence-corrected chi connectivity index (χ2v) is 11.7. The molecule has 0 radical (unpaired) electrons. The van der Waals surface area contributed by atoms with Crippen LogP contribution in [0.1, 0.15) is 43.2 Å². The van der Waals surface area contributed by atoms with Crippen molar-refractivity contribution in [3.8, 4) is 0 Å². The highest BCUT2D eigenvalue weighted by atomic mass is 16.3. The summed E-state index contributed by atoms with van der Waals surface area (Å²) in [7, 11) is 0. The lowest BCUT2D eigenvalue weighted by atomic mass is 9.79. The maximum Gasteiger partial charge on any atom is 0.262 e. The van der Waals surface area contributed by atoms with E-state index in [0.717, 1.165) is 32.6 Å². The number of fused-ring (bicyclic) bond motifs is 1. The van der Waals surface area contributed by atoms with Crippen LogP contribution < -0.4 is 5.56 Å². The normalized spacial score (nSPS) is 21.3. The van der Waals surface area contributed by atoms with Gasteiger partial charge in [-0.2, -0.15) is 0 Å². The molecule has 41 heavy (non-hydrogen) atoms. The van der Waals surface area contributed by atoms with E-state index in [2.05, 4.69) is 58.4 Å². The zero-order valence-electron chi connectivity index (χ0n) is 23.7. The van der Waals surface area contributed by atoms with Crippen molar-refractivity contribution in [3.05, 3.63) is 101 Å². The molecule has 2 atom stereocenters. The van der Waals surface area contributed by atoms with Crippen LogP contribution in [0.15, 0.2) is 84.0 Å². The summed E-state index contributed by atoms with van der Waals surface area (Å²) >= 11 is 0. The predicted octanol–water partition coefficient (Wildman–Crippen LogP) is 3.88. The van der Waals surface area contributed by atoms with Gasteiger partial charge in [-0.3, -0.25) is 19.1 Å². The van der Waals surface area contributed by atoms with Gasteiger partial charge in [0.25, 0.3) is 5.56 Å². The Morgan fingerprint density at radius 1 is 0.976 bits per heavy atom. The molecule has 0 spiro atoms. The smallest absolute Gasteiger partial charge is 0.262 e. The van der Waals surface area contributed by atoms with Crippen LogP contribution in [0.25, 0.3) is 11.0 Å². The molecule has 8 heteroatoms. The average molecular weight is 554 g/mol. The number of carbonyl (C=O) groups is 1. The summed E-state index contributed by atoms with van der Waals surface area (Å²) < 4.78 is 3.46. The molecule has 2 aromatic heterocycles. The number of amides is 1. The van der Waals surface area contributed by atoms with Gasteiger partial charge in [-0.25, -0.2) is 4.98 Å². The molecule has 1 amide bonds. The van der Waals surface area contributed by atoms with E-state index in [9.17, 15) is 14.7 Å². The third kappa shape index (κ3) is 5.72. The molecular formula is C33H39N5O3. The number of benzene rings is 2. The number of nitrogens with zero attached hydrogens (tertiary/aromatic N) is 5. The third-order valence-electron chi connectivity index (χ3n) is 9.05. The number of aryl methyl sites for hydroxylation is 1. The molecule has 2 aliphatic heterocycles. The van der Waals surface area contributed by atoms with Gasteiger partial charge in [-0.1, -0.05) is 60.7 Å². The number of piperidine rings is 2. The minimum absolute atomic E-state index is 0.0903. The fourth-order valence-electron chi connectivity index (χ4n) is 6.67. The highest BCUT2D eigenvalue weighted by molar-refractivity contribution is 5.80. The van der Waals surface area contributed by atoms with E-state index in [1.165, 1.54) is 15.7 Å². The van der Waals surface area contributed by atoms with E-state index >= 15 is 0 Å². The van der Waals surface area contributed by atoms with Crippen molar-refractivity contribution in [2.45, 2.75) is 57.3 Å². The zero-order valence-corrected chi connectivity index (χ0v) is 23.7. The van der Waals surface area contributed by atoms with E-state index in [-0.39, 0.29) is 29.8 Å². The van der Waals surface area contributed by atoms with Gasteiger partial charge >= 0.3 is 0 Å². The zero-order chi connectivity index (χ0) is 28.4. The summed E-state index contributed by atoms with van der Waals surface area (Å²) in [6.07, 6.45) is 5.09. The Hall–Kier alpha value is -3.75. The number of carbonyl (C=O) groups excluding carboxylic acids is 1. The topological polar surface area (TPSA) is 83.6 Å². The van der Waals surface area contributed by atoms with Crippen LogP contribution in [0.3, 0.4) is 0 Å². The summed E-state index contributed by atoms with van der Waals surface area (Å²) in [5.41, 5.74) is 1.97. The molecule has 0 bridgehead atoms. The van der Waals surface area contributed by atoms with E-state index in [1.807, 2.05) is 34.7 Å². The maximum atomic E-state index is 14.0. The Bertz CT molecular complexity index is 1540. The number of hydrogen-bond acceptors (Lipinski definition) is 5. The Morgan fingerprint density at radius 3 is 2.39 bits per heavy atom. The molecule has 0 saturated carbocycles. The van der Waals surface area contributed by atoms with Crippen molar-refractivity contribution >= 4 is 16.9 Å². The van der Waals surface area contributed by atoms with Crippen molar-refractivity contribution in [2.24, 2.45) is 5.92 Å². The van der Waals surface area contributed by atoms with Crippen LogP contribution in [0, 0.1) is 5.92 Å². The van der Waals surface area contributed by atoms with E-state index < -0.39 is 5.60 Å². The van der Waals surface area contributed by atoms with Crippen molar-refractivity contribution in [1.82, 2.24) is 23.9 Å². The summed E-state index contributed by atoms with van der Waals surface area (Å²) in [5.74, 6) is 0.211. The molecule has 8 nitrogen and oxygen atoms in total. The monoisotopic (exact) mass is 553 g/mol. The fraction of sp³-hybridized carbons (Fsp3) is 0.424. The summed E-state index contributed by atoms with van der Waals surface area (Å²) in [6, 6.07) is 22.7. The molecule has 1 N–H and O–H groups in total. The van der Waals surface area contributed by atoms with Crippen molar-refractivity contribution in [3.63, 3.8) is 0 Å². The molecule has 2 fully saturated rings. The molecule has 2 saturated heterocycles. The standard InChI is InChI=1S/C33H39N5O3/c1-2-36-18-14-28-30(36)34-24-38(32(28)40)23-33(41)15-19-37(20-16-33)31(39)27-13-17-35(21-25-9-5-3-6-10-25)22-29(27)26-11-7-4-8-12-26/h3-12,14,18,24,27,29,41H,2,13,15-17,19-23H2,1H3/t27-,29+/m1/s1. The first-order valence-electron chi connectivity index (χ1n) is 14.8. The van der Waals surface area contributed by atoms with Gasteiger partial charge in [-0.15, -0.1) is 0 Å². The predicted molar refractivity (Wildman–Crippen MR) is 159 cm³/mol. The molecule has 0 unspecified atom stereocenters. The van der Waals surface area contributed by atoms with E-state index in [1.54, 1.807) is 12.4 Å². The number of hydrogen-bond donors (Lipinski definition) is 1. The van der Waals surface area contributed by atoms with Crippen LogP contribution in [0.5, 0.6) is 0 Å². The van der Waals surface area contributed by atoms with E-state index in [4.69, 9.17) is 0 Å². The Morgan fingerprint density at radius 2 is 1.68 bits per heavy atom. The lowest BCUT2D eigenvalue weighted by Gasteiger charge is -2.43. The molecule has 214 valence electrons. The number of rotatable bonds is 7. The minimum Gasteiger partial charge on any atom is -0.388 e. The Balaban J connectivity index is 1.13.